The lowest BCUT2D eigenvalue weighted by molar-refractivity contribution is 0.0521. The average molecular weight is 523 g/mol. The van der Waals surface area contributed by atoms with Crippen LogP contribution in [-0.4, -0.2) is 17.3 Å². The minimum absolute atomic E-state index is 0.0667. The molecule has 1 N–H and O–H groups in total. The number of aromatic hydroxyl groups is 1. The zero-order chi connectivity index (χ0) is 27.2. The summed E-state index contributed by atoms with van der Waals surface area (Å²) in [5.41, 5.74) is 5.50. The van der Waals surface area contributed by atoms with Crippen LogP contribution in [0.3, 0.4) is 0 Å². The molecule has 38 heavy (non-hydrogen) atoms. The highest BCUT2D eigenvalue weighted by atomic mass is 16.5. The maximum absolute atomic E-state index is 10.4. The van der Waals surface area contributed by atoms with E-state index in [9.17, 15) is 5.11 Å². The monoisotopic (exact) mass is 522 g/mol. The number of unbranched alkanes of at least 4 members (excludes halogenated alkanes) is 12. The smallest absolute Gasteiger partial charge is 0.127 e. The van der Waals surface area contributed by atoms with Gasteiger partial charge in [0.2, 0.25) is 0 Å². The van der Waals surface area contributed by atoms with Crippen molar-refractivity contribution in [3.63, 3.8) is 0 Å². The van der Waals surface area contributed by atoms with Gasteiger partial charge >= 0.3 is 0 Å². The zero-order valence-electron chi connectivity index (χ0n) is 24.9. The van der Waals surface area contributed by atoms with Crippen molar-refractivity contribution in [2.24, 2.45) is 0 Å². The molecular formula is C35H54O3. The van der Waals surface area contributed by atoms with Crippen molar-refractivity contribution >= 4 is 0 Å². The molecule has 3 heteroatoms. The highest BCUT2D eigenvalue weighted by molar-refractivity contribution is 5.58. The van der Waals surface area contributed by atoms with Crippen molar-refractivity contribution in [3.8, 4) is 11.5 Å². The molecule has 0 saturated heterocycles. The highest BCUT2D eigenvalue weighted by Gasteiger charge is 2.34. The molecule has 0 spiro atoms. The van der Waals surface area contributed by atoms with Crippen molar-refractivity contribution in [1.82, 2.24) is 0 Å². The van der Waals surface area contributed by atoms with E-state index in [1.165, 1.54) is 94.6 Å². The number of phenols is 1. The van der Waals surface area contributed by atoms with Gasteiger partial charge in [0.15, 0.2) is 0 Å². The van der Waals surface area contributed by atoms with Gasteiger partial charge in [-0.1, -0.05) is 101 Å². The van der Waals surface area contributed by atoms with Crippen LogP contribution in [0.15, 0.2) is 30.3 Å². The highest BCUT2D eigenvalue weighted by Crippen LogP contribution is 2.44. The molecule has 2 aromatic rings. The van der Waals surface area contributed by atoms with E-state index in [0.717, 1.165) is 54.9 Å². The van der Waals surface area contributed by atoms with Gasteiger partial charge in [0.05, 0.1) is 6.61 Å². The first-order chi connectivity index (χ1) is 18.4. The van der Waals surface area contributed by atoms with E-state index in [2.05, 4.69) is 44.2 Å². The lowest BCUT2D eigenvalue weighted by Crippen LogP contribution is -2.37. The maximum atomic E-state index is 10.4. The first kappa shape index (κ1) is 30.5. The molecule has 1 heterocycles. The summed E-state index contributed by atoms with van der Waals surface area (Å²) in [4.78, 5) is 0. The molecule has 1 atom stereocenters. The summed E-state index contributed by atoms with van der Waals surface area (Å²) in [5, 5.41) is 10.4. The molecule has 2 aromatic carbocycles. The van der Waals surface area contributed by atoms with Crippen LogP contribution in [0.5, 0.6) is 11.5 Å². The Bertz CT molecular complexity index is 952. The molecule has 0 fully saturated rings. The minimum atomic E-state index is -0.0667. The van der Waals surface area contributed by atoms with Gasteiger partial charge in [-0.05, 0) is 82.1 Å². The van der Waals surface area contributed by atoms with Crippen molar-refractivity contribution in [2.75, 3.05) is 6.61 Å². The van der Waals surface area contributed by atoms with E-state index in [1.807, 2.05) is 13.8 Å². The van der Waals surface area contributed by atoms with Gasteiger partial charge in [0.1, 0.15) is 17.1 Å². The summed E-state index contributed by atoms with van der Waals surface area (Å²) in [6.45, 7) is 10.0. The summed E-state index contributed by atoms with van der Waals surface area (Å²) in [7, 11) is 0. The molecule has 1 aliphatic rings. The molecular weight excluding hydrogens is 468 g/mol. The topological polar surface area (TPSA) is 38.7 Å². The summed E-state index contributed by atoms with van der Waals surface area (Å²) >= 11 is 0. The summed E-state index contributed by atoms with van der Waals surface area (Å²) in [6.07, 6.45) is 20.7. The number of benzene rings is 2. The van der Waals surface area contributed by atoms with E-state index in [0.29, 0.717) is 5.75 Å². The lowest BCUT2D eigenvalue weighted by Gasteiger charge is -2.38. The Hall–Kier alpha value is -2.00. The fourth-order valence-corrected chi connectivity index (χ4v) is 5.88. The summed E-state index contributed by atoms with van der Waals surface area (Å²) in [5.74, 6) is 1.49. The van der Waals surface area contributed by atoms with Crippen LogP contribution in [-0.2, 0) is 17.8 Å². The molecule has 1 aliphatic heterocycles. The molecule has 0 radical (unpaired) electrons. The molecule has 212 valence electrons. The van der Waals surface area contributed by atoms with Crippen molar-refractivity contribution < 1.29 is 14.6 Å². The average Bonchev–Trinajstić information content (AvgIpc) is 2.93. The quantitative estimate of drug-likeness (QED) is 0.198. The lowest BCUT2D eigenvalue weighted by atomic mass is 9.84. The van der Waals surface area contributed by atoms with E-state index in [1.54, 1.807) is 0 Å². The number of hydrogen-bond donors (Lipinski definition) is 1. The number of rotatable bonds is 18. The van der Waals surface area contributed by atoms with Crippen molar-refractivity contribution in [2.45, 2.75) is 143 Å². The normalized spacial score (nSPS) is 16.8. The van der Waals surface area contributed by atoms with Crippen LogP contribution in [0.2, 0.25) is 0 Å². The Balaban J connectivity index is 1.12. The second-order valence-electron chi connectivity index (χ2n) is 12.0. The van der Waals surface area contributed by atoms with E-state index in [-0.39, 0.29) is 5.60 Å². The van der Waals surface area contributed by atoms with Crippen LogP contribution >= 0.6 is 0 Å². The van der Waals surface area contributed by atoms with Gasteiger partial charge in [0, 0.05) is 12.2 Å². The van der Waals surface area contributed by atoms with Crippen LogP contribution in [0.4, 0.5) is 0 Å². The third-order valence-electron chi connectivity index (χ3n) is 8.70. The van der Waals surface area contributed by atoms with Crippen molar-refractivity contribution in [3.05, 3.63) is 58.1 Å². The van der Waals surface area contributed by atoms with Gasteiger partial charge in [-0.2, -0.15) is 0 Å². The predicted molar refractivity (Wildman–Crippen MR) is 160 cm³/mol. The second-order valence-corrected chi connectivity index (χ2v) is 12.0. The maximum Gasteiger partial charge on any atom is 0.127 e. The Morgan fingerprint density at radius 3 is 1.89 bits per heavy atom. The largest absolute Gasteiger partial charge is 0.507 e. The number of hydrogen-bond acceptors (Lipinski definition) is 3. The number of ether oxygens (including phenoxy) is 2. The molecule has 1 unspecified atom stereocenters. The number of phenolic OH excluding ortho intramolecular Hbond substituents is 1. The van der Waals surface area contributed by atoms with E-state index >= 15 is 0 Å². The third kappa shape index (κ3) is 9.63. The molecule has 0 aliphatic carbocycles. The Morgan fingerprint density at radius 1 is 0.737 bits per heavy atom. The predicted octanol–water partition coefficient (Wildman–Crippen LogP) is 10.1. The Morgan fingerprint density at radius 2 is 1.29 bits per heavy atom. The standard InChI is InChI=1S/C35H54O3/c1-28-29(2)34-32(30(3)33(28)36)23-25-35(4,38-34)24-19-14-12-10-8-6-5-7-9-11-13-15-20-26-37-27-31-21-17-16-18-22-31/h16-18,21-22,36H,5-15,19-20,23-27H2,1-4H3. The second kappa shape index (κ2) is 16.2. The van der Waals surface area contributed by atoms with Gasteiger partial charge < -0.3 is 14.6 Å². The molecule has 0 amide bonds. The van der Waals surface area contributed by atoms with Crippen molar-refractivity contribution in [1.29, 1.82) is 0 Å². The fourth-order valence-electron chi connectivity index (χ4n) is 5.88. The van der Waals surface area contributed by atoms with E-state index in [4.69, 9.17) is 9.47 Å². The first-order valence-electron chi connectivity index (χ1n) is 15.5. The molecule has 0 bridgehead atoms. The van der Waals surface area contributed by atoms with Crippen LogP contribution < -0.4 is 4.74 Å². The van der Waals surface area contributed by atoms with Gasteiger partial charge in [-0.3, -0.25) is 0 Å². The Labute approximate surface area is 233 Å². The van der Waals surface area contributed by atoms with E-state index < -0.39 is 0 Å². The van der Waals surface area contributed by atoms with Crippen LogP contribution in [0.25, 0.3) is 0 Å². The number of fused-ring (bicyclic) bond motifs is 1. The van der Waals surface area contributed by atoms with Gasteiger partial charge in [-0.25, -0.2) is 0 Å². The fraction of sp³-hybridized carbons (Fsp3) is 0.657. The summed E-state index contributed by atoms with van der Waals surface area (Å²) in [6, 6.07) is 10.5. The van der Waals surface area contributed by atoms with Crippen LogP contribution in [0, 0.1) is 20.8 Å². The van der Waals surface area contributed by atoms with Gasteiger partial charge in [0.25, 0.3) is 0 Å². The zero-order valence-corrected chi connectivity index (χ0v) is 24.9. The Kier molecular flexibility index (Phi) is 13.0. The first-order valence-corrected chi connectivity index (χ1v) is 15.5. The van der Waals surface area contributed by atoms with Gasteiger partial charge in [-0.15, -0.1) is 0 Å². The molecule has 0 saturated carbocycles. The molecule has 3 rings (SSSR count). The molecule has 3 nitrogen and oxygen atoms in total. The third-order valence-corrected chi connectivity index (χ3v) is 8.70. The molecule has 0 aromatic heterocycles. The minimum Gasteiger partial charge on any atom is -0.507 e. The SMILES string of the molecule is Cc1c(C)c2c(c(C)c1O)CCC(C)(CCCCCCCCCCCCCCCOCc1ccccc1)O2. The van der Waals surface area contributed by atoms with Crippen LogP contribution in [0.1, 0.15) is 131 Å². The summed E-state index contributed by atoms with van der Waals surface area (Å²) < 4.78 is 12.4.